The predicted molar refractivity (Wildman–Crippen MR) is 118 cm³/mol. The molecule has 5 rings (SSSR count). The normalized spacial score (nSPS) is 24.0. The summed E-state index contributed by atoms with van der Waals surface area (Å²) in [4.78, 5) is 43.3. The van der Waals surface area contributed by atoms with Gasteiger partial charge in [-0.3, -0.25) is 19.3 Å². The summed E-state index contributed by atoms with van der Waals surface area (Å²) in [5, 5.41) is 0. The third-order valence-electron chi connectivity index (χ3n) is 7.30. The number of imide groups is 1. The van der Waals surface area contributed by atoms with Crippen LogP contribution in [0.5, 0.6) is 0 Å². The van der Waals surface area contributed by atoms with Gasteiger partial charge in [0.05, 0.1) is 11.1 Å². The molecule has 3 aliphatic rings. The fourth-order valence-corrected chi connectivity index (χ4v) is 5.63. The highest BCUT2D eigenvalue weighted by Crippen LogP contribution is 2.37. The molecule has 0 spiro atoms. The lowest BCUT2D eigenvalue weighted by Gasteiger charge is -2.43. The lowest BCUT2D eigenvalue weighted by Crippen LogP contribution is -2.55. The maximum Gasteiger partial charge on any atom is 0.262 e. The van der Waals surface area contributed by atoms with Crippen LogP contribution in [0.15, 0.2) is 54.6 Å². The van der Waals surface area contributed by atoms with E-state index in [4.69, 9.17) is 0 Å². The molecule has 160 valence electrons. The van der Waals surface area contributed by atoms with E-state index < -0.39 is 6.04 Å². The first-order valence-electron chi connectivity index (χ1n) is 11.4. The van der Waals surface area contributed by atoms with Gasteiger partial charge in [0.25, 0.3) is 11.8 Å². The largest absolute Gasteiger partial charge is 0.341 e. The summed E-state index contributed by atoms with van der Waals surface area (Å²) < 4.78 is 0. The van der Waals surface area contributed by atoms with Gasteiger partial charge in [-0.1, -0.05) is 61.7 Å². The first kappa shape index (κ1) is 20.0. The first-order chi connectivity index (χ1) is 15.1. The SMILES string of the molecule is O=C([C@H](Cc1ccccc1)N1C(=O)c2ccccc2C1=O)N1CC[C@@H]2CCCC[C@H]2C1. The number of carbonyl (C=O) groups is 3. The lowest BCUT2D eigenvalue weighted by atomic mass is 9.75. The highest BCUT2D eigenvalue weighted by atomic mass is 16.2. The van der Waals surface area contributed by atoms with E-state index in [2.05, 4.69) is 0 Å². The van der Waals surface area contributed by atoms with Crippen LogP contribution >= 0.6 is 0 Å². The van der Waals surface area contributed by atoms with Gasteiger partial charge in [-0.15, -0.1) is 0 Å². The molecule has 0 aromatic heterocycles. The van der Waals surface area contributed by atoms with Crippen LogP contribution in [0.4, 0.5) is 0 Å². The number of fused-ring (bicyclic) bond motifs is 2. The maximum absolute atomic E-state index is 13.8. The van der Waals surface area contributed by atoms with Crippen LogP contribution in [0.3, 0.4) is 0 Å². The van der Waals surface area contributed by atoms with Crippen LogP contribution in [-0.2, 0) is 11.2 Å². The van der Waals surface area contributed by atoms with Crippen LogP contribution in [0, 0.1) is 11.8 Å². The molecule has 0 bridgehead atoms. The van der Waals surface area contributed by atoms with Gasteiger partial charge in [0, 0.05) is 19.5 Å². The molecule has 5 heteroatoms. The molecule has 3 amide bonds. The Morgan fingerprint density at radius 2 is 1.45 bits per heavy atom. The third-order valence-corrected chi connectivity index (χ3v) is 7.30. The number of hydrogen-bond donors (Lipinski definition) is 0. The van der Waals surface area contributed by atoms with Crippen LogP contribution in [0.2, 0.25) is 0 Å². The molecule has 2 heterocycles. The minimum Gasteiger partial charge on any atom is -0.341 e. The van der Waals surface area contributed by atoms with Crippen molar-refractivity contribution in [2.75, 3.05) is 13.1 Å². The summed E-state index contributed by atoms with van der Waals surface area (Å²) in [7, 11) is 0. The van der Waals surface area contributed by atoms with Crippen molar-refractivity contribution in [1.82, 2.24) is 9.80 Å². The molecule has 1 saturated heterocycles. The molecule has 1 saturated carbocycles. The third kappa shape index (κ3) is 3.67. The van der Waals surface area contributed by atoms with Crippen molar-refractivity contribution >= 4 is 17.7 Å². The van der Waals surface area contributed by atoms with Gasteiger partial charge >= 0.3 is 0 Å². The second kappa shape index (κ2) is 8.29. The summed E-state index contributed by atoms with van der Waals surface area (Å²) >= 11 is 0. The lowest BCUT2D eigenvalue weighted by molar-refractivity contribution is -0.138. The number of amides is 3. The minimum atomic E-state index is -0.810. The molecule has 5 nitrogen and oxygen atoms in total. The zero-order chi connectivity index (χ0) is 21.4. The second-order valence-corrected chi connectivity index (χ2v) is 9.11. The molecule has 2 aliphatic heterocycles. The maximum atomic E-state index is 13.8. The smallest absolute Gasteiger partial charge is 0.262 e. The summed E-state index contributed by atoms with van der Waals surface area (Å²) in [5.41, 5.74) is 1.73. The van der Waals surface area contributed by atoms with Gasteiger partial charge in [0.1, 0.15) is 6.04 Å². The molecule has 2 aromatic carbocycles. The molecular weight excluding hydrogens is 388 g/mol. The standard InChI is InChI=1S/C26H28N2O3/c29-24-21-12-6-7-13-22(21)25(30)28(24)23(16-18-8-2-1-3-9-18)26(31)27-15-14-19-10-4-5-11-20(19)17-27/h1-3,6-9,12-13,19-20,23H,4-5,10-11,14-17H2/t19-,20-,23-/m0/s1. The number of carbonyl (C=O) groups excluding carboxylic acids is 3. The average Bonchev–Trinajstić information content (AvgIpc) is 3.07. The molecule has 0 N–H and O–H groups in total. The van der Waals surface area contributed by atoms with E-state index in [1.165, 1.54) is 30.6 Å². The highest BCUT2D eigenvalue weighted by molar-refractivity contribution is 6.22. The van der Waals surface area contributed by atoms with E-state index >= 15 is 0 Å². The Morgan fingerprint density at radius 3 is 2.13 bits per heavy atom. The zero-order valence-electron chi connectivity index (χ0n) is 17.7. The van der Waals surface area contributed by atoms with Crippen molar-refractivity contribution in [1.29, 1.82) is 0 Å². The van der Waals surface area contributed by atoms with Gasteiger partial charge in [-0.25, -0.2) is 0 Å². The van der Waals surface area contributed by atoms with E-state index in [0.29, 0.717) is 35.9 Å². The molecule has 31 heavy (non-hydrogen) atoms. The first-order valence-corrected chi connectivity index (χ1v) is 11.4. The van der Waals surface area contributed by atoms with Gasteiger partial charge in [-0.2, -0.15) is 0 Å². The summed E-state index contributed by atoms with van der Waals surface area (Å²) in [6.45, 7) is 1.46. The average molecular weight is 417 g/mol. The van der Waals surface area contributed by atoms with Crippen molar-refractivity contribution in [2.24, 2.45) is 11.8 Å². The Hall–Kier alpha value is -2.95. The molecule has 0 unspecified atom stereocenters. The fraction of sp³-hybridized carbons (Fsp3) is 0.423. The fourth-order valence-electron chi connectivity index (χ4n) is 5.63. The van der Waals surface area contributed by atoms with Crippen molar-refractivity contribution < 1.29 is 14.4 Å². The number of piperidine rings is 1. The van der Waals surface area contributed by atoms with Gasteiger partial charge < -0.3 is 4.90 Å². The van der Waals surface area contributed by atoms with Crippen LogP contribution in [0.25, 0.3) is 0 Å². The Kier molecular flexibility index (Phi) is 5.34. The summed E-state index contributed by atoms with van der Waals surface area (Å²) in [6.07, 6.45) is 6.32. The molecule has 3 atom stereocenters. The molecular formula is C26H28N2O3. The zero-order valence-corrected chi connectivity index (χ0v) is 17.7. The van der Waals surface area contributed by atoms with Crippen molar-refractivity contribution in [3.63, 3.8) is 0 Å². The quantitative estimate of drug-likeness (QED) is 0.710. The van der Waals surface area contributed by atoms with Crippen molar-refractivity contribution in [3.8, 4) is 0 Å². The minimum absolute atomic E-state index is 0.0950. The van der Waals surface area contributed by atoms with Crippen molar-refractivity contribution in [3.05, 3.63) is 71.3 Å². The number of benzene rings is 2. The Morgan fingerprint density at radius 1 is 0.839 bits per heavy atom. The molecule has 0 radical (unpaired) electrons. The Bertz CT molecular complexity index is 968. The topological polar surface area (TPSA) is 57.7 Å². The predicted octanol–water partition coefficient (Wildman–Crippen LogP) is 3.93. The molecule has 2 fully saturated rings. The van der Waals surface area contributed by atoms with E-state index in [9.17, 15) is 14.4 Å². The van der Waals surface area contributed by atoms with Crippen LogP contribution in [0.1, 0.15) is 58.4 Å². The Balaban J connectivity index is 1.44. The van der Waals surface area contributed by atoms with Gasteiger partial charge in [-0.05, 0) is 42.4 Å². The summed E-state index contributed by atoms with van der Waals surface area (Å²) in [6, 6.07) is 15.7. The second-order valence-electron chi connectivity index (χ2n) is 9.11. The number of likely N-dealkylation sites (tertiary alicyclic amines) is 1. The number of hydrogen-bond acceptors (Lipinski definition) is 3. The van der Waals surface area contributed by atoms with Crippen LogP contribution in [-0.4, -0.2) is 46.7 Å². The van der Waals surface area contributed by atoms with Crippen LogP contribution < -0.4 is 0 Å². The molecule has 1 aliphatic carbocycles. The van der Waals surface area contributed by atoms with Crippen molar-refractivity contribution in [2.45, 2.75) is 44.6 Å². The Labute approximate surface area is 183 Å². The van der Waals surface area contributed by atoms with E-state index in [1.807, 2.05) is 35.2 Å². The van der Waals surface area contributed by atoms with E-state index in [-0.39, 0.29) is 17.7 Å². The molecule has 2 aromatic rings. The van der Waals surface area contributed by atoms with Gasteiger partial charge in [0.2, 0.25) is 5.91 Å². The monoisotopic (exact) mass is 416 g/mol. The number of rotatable bonds is 4. The highest BCUT2D eigenvalue weighted by Gasteiger charge is 2.45. The van der Waals surface area contributed by atoms with Gasteiger partial charge in [0.15, 0.2) is 0 Å². The van der Waals surface area contributed by atoms with E-state index in [0.717, 1.165) is 18.5 Å². The van der Waals surface area contributed by atoms with E-state index in [1.54, 1.807) is 24.3 Å². The number of nitrogens with zero attached hydrogens (tertiary/aromatic N) is 2. The summed E-state index contributed by atoms with van der Waals surface area (Å²) in [5.74, 6) is 0.447.